The zero-order chi connectivity index (χ0) is 12.3. The quantitative estimate of drug-likeness (QED) is 0.879. The van der Waals surface area contributed by atoms with Crippen molar-refractivity contribution in [3.8, 4) is 5.75 Å². The van der Waals surface area contributed by atoms with Crippen LogP contribution in [0.15, 0.2) is 29.6 Å². The Labute approximate surface area is 103 Å². The van der Waals surface area contributed by atoms with Crippen LogP contribution in [0.2, 0.25) is 0 Å². The van der Waals surface area contributed by atoms with Crippen LogP contribution in [0.25, 0.3) is 0 Å². The number of nitrogens with one attached hydrogen (secondary N) is 1. The summed E-state index contributed by atoms with van der Waals surface area (Å²) in [5, 5.41) is 5.11. The molecule has 0 saturated heterocycles. The van der Waals surface area contributed by atoms with Gasteiger partial charge in [0.15, 0.2) is 0 Å². The number of nitrogens with two attached hydrogens (primary N) is 1. The number of halogens is 1. The highest BCUT2D eigenvalue weighted by atomic mass is 32.1. The molecule has 2 rings (SSSR count). The van der Waals surface area contributed by atoms with E-state index >= 15 is 0 Å². The summed E-state index contributed by atoms with van der Waals surface area (Å²) in [5.41, 5.74) is 7.30. The van der Waals surface area contributed by atoms with E-state index in [9.17, 15) is 4.39 Å². The Morgan fingerprint density at radius 2 is 2.24 bits per heavy atom. The third-order valence-corrected chi connectivity index (χ3v) is 3.32. The summed E-state index contributed by atoms with van der Waals surface area (Å²) in [4.78, 5) is 1.05. The van der Waals surface area contributed by atoms with E-state index in [0.717, 1.165) is 16.3 Å². The zero-order valence-electron chi connectivity index (χ0n) is 9.37. The highest BCUT2D eigenvalue weighted by molar-refractivity contribution is 7.10. The summed E-state index contributed by atoms with van der Waals surface area (Å²) in [5.74, 6) is 0.170. The molecular weight excluding hydrogens is 239 g/mol. The monoisotopic (exact) mass is 252 g/mol. The molecule has 0 amide bonds. The maximum absolute atomic E-state index is 13.0. The Morgan fingerprint density at radius 1 is 1.41 bits per heavy atom. The average Bonchev–Trinajstić information content (AvgIpc) is 2.73. The number of methoxy groups -OCH3 is 1. The SMILES string of the molecule is COc1cc(F)ccc1NCc1sccc1N. The van der Waals surface area contributed by atoms with E-state index < -0.39 is 0 Å². The molecule has 0 saturated carbocycles. The maximum Gasteiger partial charge on any atom is 0.144 e. The predicted molar refractivity (Wildman–Crippen MR) is 69.0 cm³/mol. The summed E-state index contributed by atoms with van der Waals surface area (Å²) >= 11 is 1.58. The topological polar surface area (TPSA) is 47.3 Å². The van der Waals surface area contributed by atoms with Crippen LogP contribution in [0, 0.1) is 5.82 Å². The predicted octanol–water partition coefficient (Wildman–Crippen LogP) is 3.09. The molecule has 5 heteroatoms. The summed E-state index contributed by atoms with van der Waals surface area (Å²) in [6.45, 7) is 0.603. The molecule has 90 valence electrons. The number of anilines is 2. The summed E-state index contributed by atoms with van der Waals surface area (Å²) in [6, 6.07) is 6.25. The van der Waals surface area contributed by atoms with Gasteiger partial charge in [-0.15, -0.1) is 11.3 Å². The van der Waals surface area contributed by atoms with E-state index in [1.54, 1.807) is 17.4 Å². The first-order chi connectivity index (χ1) is 8.20. The van der Waals surface area contributed by atoms with Gasteiger partial charge >= 0.3 is 0 Å². The molecule has 17 heavy (non-hydrogen) atoms. The number of ether oxygens (including phenoxy) is 1. The summed E-state index contributed by atoms with van der Waals surface area (Å²) in [7, 11) is 1.51. The van der Waals surface area contributed by atoms with E-state index in [4.69, 9.17) is 10.5 Å². The first-order valence-corrected chi connectivity index (χ1v) is 5.98. The lowest BCUT2D eigenvalue weighted by atomic mass is 10.2. The molecular formula is C12H13FN2OS. The van der Waals surface area contributed by atoms with Crippen LogP contribution in [-0.2, 0) is 6.54 Å². The van der Waals surface area contributed by atoms with Crippen molar-refractivity contribution in [2.75, 3.05) is 18.2 Å². The largest absolute Gasteiger partial charge is 0.494 e. The maximum atomic E-state index is 13.0. The van der Waals surface area contributed by atoms with Crippen molar-refractivity contribution >= 4 is 22.7 Å². The highest BCUT2D eigenvalue weighted by Gasteiger charge is 2.05. The van der Waals surface area contributed by atoms with Gasteiger partial charge in [-0.05, 0) is 23.6 Å². The minimum Gasteiger partial charge on any atom is -0.494 e. The lowest BCUT2D eigenvalue weighted by Crippen LogP contribution is -2.02. The van der Waals surface area contributed by atoms with Crippen molar-refractivity contribution in [2.45, 2.75) is 6.54 Å². The summed E-state index contributed by atoms with van der Waals surface area (Å²) < 4.78 is 18.1. The van der Waals surface area contributed by atoms with E-state index in [2.05, 4.69) is 5.32 Å². The average molecular weight is 252 g/mol. The van der Waals surface area contributed by atoms with Crippen LogP contribution in [0.4, 0.5) is 15.8 Å². The van der Waals surface area contributed by atoms with E-state index in [1.807, 2.05) is 11.4 Å². The van der Waals surface area contributed by atoms with Crippen LogP contribution >= 0.6 is 11.3 Å². The van der Waals surface area contributed by atoms with Gasteiger partial charge in [0.05, 0.1) is 19.3 Å². The Hall–Kier alpha value is -1.75. The van der Waals surface area contributed by atoms with Gasteiger partial charge in [-0.3, -0.25) is 0 Å². The third-order valence-electron chi connectivity index (χ3n) is 2.38. The molecule has 0 bridgehead atoms. The molecule has 1 aromatic heterocycles. The molecule has 0 fully saturated rings. The first kappa shape index (κ1) is 11.7. The Morgan fingerprint density at radius 3 is 2.88 bits per heavy atom. The van der Waals surface area contributed by atoms with Crippen molar-refractivity contribution < 1.29 is 9.13 Å². The fraction of sp³-hybridized carbons (Fsp3) is 0.167. The number of hydrogen-bond acceptors (Lipinski definition) is 4. The van der Waals surface area contributed by atoms with E-state index in [-0.39, 0.29) is 5.82 Å². The van der Waals surface area contributed by atoms with Gasteiger partial charge in [0, 0.05) is 16.6 Å². The van der Waals surface area contributed by atoms with Gasteiger partial charge < -0.3 is 15.8 Å². The molecule has 0 radical (unpaired) electrons. The molecule has 0 atom stereocenters. The second-order valence-electron chi connectivity index (χ2n) is 3.50. The van der Waals surface area contributed by atoms with Crippen molar-refractivity contribution in [1.82, 2.24) is 0 Å². The van der Waals surface area contributed by atoms with Crippen LogP contribution in [-0.4, -0.2) is 7.11 Å². The zero-order valence-corrected chi connectivity index (χ0v) is 10.2. The molecule has 0 aliphatic heterocycles. The fourth-order valence-electron chi connectivity index (χ4n) is 1.48. The number of benzene rings is 1. The second-order valence-corrected chi connectivity index (χ2v) is 4.50. The number of rotatable bonds is 4. The minimum atomic E-state index is -0.317. The Kier molecular flexibility index (Phi) is 3.49. The van der Waals surface area contributed by atoms with Gasteiger partial charge in [0.2, 0.25) is 0 Å². The van der Waals surface area contributed by atoms with E-state index in [0.29, 0.717) is 12.3 Å². The van der Waals surface area contributed by atoms with Crippen molar-refractivity contribution in [3.63, 3.8) is 0 Å². The van der Waals surface area contributed by atoms with Crippen LogP contribution in [0.1, 0.15) is 4.88 Å². The normalized spacial score (nSPS) is 10.2. The van der Waals surface area contributed by atoms with Gasteiger partial charge in [0.25, 0.3) is 0 Å². The highest BCUT2D eigenvalue weighted by Crippen LogP contribution is 2.27. The Bertz CT molecular complexity index is 513. The van der Waals surface area contributed by atoms with Gasteiger partial charge in [-0.25, -0.2) is 4.39 Å². The number of nitrogen functional groups attached to an aromatic ring is 1. The standard InChI is InChI=1S/C12H13FN2OS/c1-16-11-6-8(13)2-3-10(11)15-7-12-9(14)4-5-17-12/h2-6,15H,7,14H2,1H3. The number of hydrogen-bond donors (Lipinski definition) is 2. The molecule has 0 unspecified atom stereocenters. The van der Waals surface area contributed by atoms with Gasteiger partial charge in [-0.1, -0.05) is 0 Å². The second kappa shape index (κ2) is 5.05. The molecule has 2 aromatic rings. The molecule has 3 nitrogen and oxygen atoms in total. The van der Waals surface area contributed by atoms with Crippen molar-refractivity contribution in [3.05, 3.63) is 40.3 Å². The Balaban J connectivity index is 2.11. The molecule has 0 aliphatic rings. The molecule has 1 heterocycles. The van der Waals surface area contributed by atoms with Gasteiger partial charge in [-0.2, -0.15) is 0 Å². The van der Waals surface area contributed by atoms with Crippen molar-refractivity contribution in [1.29, 1.82) is 0 Å². The van der Waals surface area contributed by atoms with Crippen LogP contribution in [0.5, 0.6) is 5.75 Å². The van der Waals surface area contributed by atoms with Crippen LogP contribution < -0.4 is 15.8 Å². The number of thiophene rings is 1. The smallest absolute Gasteiger partial charge is 0.144 e. The third kappa shape index (κ3) is 2.68. The molecule has 3 N–H and O–H groups in total. The van der Waals surface area contributed by atoms with Crippen LogP contribution in [0.3, 0.4) is 0 Å². The lowest BCUT2D eigenvalue weighted by molar-refractivity contribution is 0.413. The lowest BCUT2D eigenvalue weighted by Gasteiger charge is -2.10. The van der Waals surface area contributed by atoms with Gasteiger partial charge in [0.1, 0.15) is 11.6 Å². The summed E-state index contributed by atoms with van der Waals surface area (Å²) in [6.07, 6.45) is 0. The minimum absolute atomic E-state index is 0.317. The molecule has 1 aromatic carbocycles. The first-order valence-electron chi connectivity index (χ1n) is 5.10. The molecule has 0 aliphatic carbocycles. The van der Waals surface area contributed by atoms with E-state index in [1.165, 1.54) is 19.2 Å². The van der Waals surface area contributed by atoms with Crippen molar-refractivity contribution in [2.24, 2.45) is 0 Å². The molecule has 0 spiro atoms. The fourth-order valence-corrected chi connectivity index (χ4v) is 2.22.